The highest BCUT2D eigenvalue weighted by Crippen LogP contribution is 2.26. The van der Waals surface area contributed by atoms with Gasteiger partial charge in [0.15, 0.2) is 0 Å². The SMILES string of the molecule is O=C(O)c1ccccc1SCC1CCCCO1. The Morgan fingerprint density at radius 2 is 2.24 bits per heavy atom. The Hall–Kier alpha value is -1.00. The van der Waals surface area contributed by atoms with E-state index in [1.807, 2.05) is 12.1 Å². The van der Waals surface area contributed by atoms with Crippen LogP contribution in [0.5, 0.6) is 0 Å². The lowest BCUT2D eigenvalue weighted by molar-refractivity contribution is 0.0315. The minimum atomic E-state index is -0.863. The third kappa shape index (κ3) is 3.48. The maximum atomic E-state index is 11.0. The summed E-state index contributed by atoms with van der Waals surface area (Å²) in [5, 5.41) is 9.06. The van der Waals surface area contributed by atoms with Crippen molar-refractivity contribution >= 4 is 17.7 Å². The van der Waals surface area contributed by atoms with Crippen molar-refractivity contribution in [1.29, 1.82) is 0 Å². The first kappa shape index (κ1) is 12.5. The highest BCUT2D eigenvalue weighted by atomic mass is 32.2. The molecule has 1 unspecified atom stereocenters. The van der Waals surface area contributed by atoms with Crippen LogP contribution in [0.3, 0.4) is 0 Å². The lowest BCUT2D eigenvalue weighted by Crippen LogP contribution is -2.21. The van der Waals surface area contributed by atoms with Crippen molar-refractivity contribution in [3.8, 4) is 0 Å². The average molecular weight is 252 g/mol. The van der Waals surface area contributed by atoms with Gasteiger partial charge in [-0.1, -0.05) is 12.1 Å². The molecule has 0 saturated carbocycles. The third-order valence-electron chi connectivity index (χ3n) is 2.82. The Labute approximate surface area is 105 Å². The number of carboxylic acids is 1. The molecule has 1 aromatic carbocycles. The monoisotopic (exact) mass is 252 g/mol. The van der Waals surface area contributed by atoms with Gasteiger partial charge in [-0.05, 0) is 31.4 Å². The highest BCUT2D eigenvalue weighted by molar-refractivity contribution is 7.99. The summed E-state index contributed by atoms with van der Waals surface area (Å²) in [5.74, 6) is -0.0257. The Balaban J connectivity index is 1.96. The molecule has 1 saturated heterocycles. The zero-order valence-corrected chi connectivity index (χ0v) is 10.4. The van der Waals surface area contributed by atoms with E-state index in [-0.39, 0.29) is 6.10 Å². The van der Waals surface area contributed by atoms with Crippen molar-refractivity contribution in [2.75, 3.05) is 12.4 Å². The fourth-order valence-electron chi connectivity index (χ4n) is 1.89. The van der Waals surface area contributed by atoms with Crippen LogP contribution < -0.4 is 0 Å². The number of hydrogen-bond acceptors (Lipinski definition) is 3. The Kier molecular flexibility index (Phi) is 4.45. The van der Waals surface area contributed by atoms with E-state index in [0.29, 0.717) is 5.56 Å². The summed E-state index contributed by atoms with van der Waals surface area (Å²) >= 11 is 1.58. The Morgan fingerprint density at radius 1 is 1.41 bits per heavy atom. The van der Waals surface area contributed by atoms with E-state index in [0.717, 1.165) is 30.1 Å². The molecule has 1 atom stereocenters. The average Bonchev–Trinajstić information content (AvgIpc) is 2.38. The topological polar surface area (TPSA) is 46.5 Å². The van der Waals surface area contributed by atoms with E-state index in [4.69, 9.17) is 9.84 Å². The highest BCUT2D eigenvalue weighted by Gasteiger charge is 2.16. The second kappa shape index (κ2) is 6.07. The summed E-state index contributed by atoms with van der Waals surface area (Å²) in [4.78, 5) is 11.9. The molecule has 0 aromatic heterocycles. The van der Waals surface area contributed by atoms with Crippen LogP contribution in [-0.2, 0) is 4.74 Å². The molecule has 1 aliphatic rings. The van der Waals surface area contributed by atoms with Gasteiger partial charge in [-0.15, -0.1) is 11.8 Å². The zero-order chi connectivity index (χ0) is 12.1. The van der Waals surface area contributed by atoms with Gasteiger partial charge in [0, 0.05) is 17.3 Å². The van der Waals surface area contributed by atoms with Crippen LogP contribution in [0.2, 0.25) is 0 Å². The molecule has 1 N–H and O–H groups in total. The zero-order valence-electron chi connectivity index (χ0n) is 9.59. The molecule has 0 spiro atoms. The summed E-state index contributed by atoms with van der Waals surface area (Å²) in [5.41, 5.74) is 0.383. The van der Waals surface area contributed by atoms with Gasteiger partial charge in [-0.3, -0.25) is 0 Å². The van der Waals surface area contributed by atoms with Gasteiger partial charge in [-0.25, -0.2) is 4.79 Å². The quantitative estimate of drug-likeness (QED) is 0.837. The molecule has 2 rings (SSSR count). The van der Waals surface area contributed by atoms with E-state index in [9.17, 15) is 4.79 Å². The van der Waals surface area contributed by atoms with Crippen molar-refractivity contribution in [1.82, 2.24) is 0 Å². The molecule has 4 heteroatoms. The summed E-state index contributed by atoms with van der Waals surface area (Å²) in [7, 11) is 0. The summed E-state index contributed by atoms with van der Waals surface area (Å²) in [6.45, 7) is 0.839. The number of carboxylic acid groups (broad SMARTS) is 1. The molecule has 0 bridgehead atoms. The Morgan fingerprint density at radius 3 is 2.94 bits per heavy atom. The molecule has 1 fully saturated rings. The fourth-order valence-corrected chi connectivity index (χ4v) is 3.00. The van der Waals surface area contributed by atoms with Crippen LogP contribution in [0, 0.1) is 0 Å². The van der Waals surface area contributed by atoms with Crippen LogP contribution >= 0.6 is 11.8 Å². The first-order valence-corrected chi connectivity index (χ1v) is 6.82. The van der Waals surface area contributed by atoms with Crippen LogP contribution in [0.1, 0.15) is 29.6 Å². The molecule has 92 valence electrons. The molecule has 17 heavy (non-hydrogen) atoms. The van der Waals surface area contributed by atoms with Crippen LogP contribution in [0.15, 0.2) is 29.2 Å². The molecular formula is C13H16O3S. The number of benzene rings is 1. The number of rotatable bonds is 4. The van der Waals surface area contributed by atoms with Crippen LogP contribution in [-0.4, -0.2) is 29.5 Å². The molecular weight excluding hydrogens is 236 g/mol. The van der Waals surface area contributed by atoms with Crippen LogP contribution in [0.4, 0.5) is 0 Å². The first-order valence-electron chi connectivity index (χ1n) is 5.84. The molecule has 1 heterocycles. The van der Waals surface area contributed by atoms with Crippen molar-refractivity contribution in [3.63, 3.8) is 0 Å². The van der Waals surface area contributed by atoms with Crippen molar-refractivity contribution in [2.24, 2.45) is 0 Å². The van der Waals surface area contributed by atoms with E-state index < -0.39 is 5.97 Å². The van der Waals surface area contributed by atoms with Gasteiger partial charge in [0.2, 0.25) is 0 Å². The van der Waals surface area contributed by atoms with Gasteiger partial charge in [0.25, 0.3) is 0 Å². The largest absolute Gasteiger partial charge is 0.478 e. The predicted molar refractivity (Wildman–Crippen MR) is 67.7 cm³/mol. The molecule has 0 amide bonds. The summed E-state index contributed by atoms with van der Waals surface area (Å²) in [6, 6.07) is 7.13. The van der Waals surface area contributed by atoms with Gasteiger partial charge in [0.1, 0.15) is 0 Å². The minimum Gasteiger partial charge on any atom is -0.478 e. The first-order chi connectivity index (χ1) is 8.27. The summed E-state index contributed by atoms with van der Waals surface area (Å²) in [6.07, 6.45) is 3.72. The lowest BCUT2D eigenvalue weighted by Gasteiger charge is -2.22. The third-order valence-corrected chi connectivity index (χ3v) is 4.02. The number of hydrogen-bond donors (Lipinski definition) is 1. The second-order valence-corrected chi connectivity index (χ2v) is 5.16. The van der Waals surface area contributed by atoms with Crippen molar-refractivity contribution in [2.45, 2.75) is 30.3 Å². The Bertz CT molecular complexity index is 386. The molecule has 0 radical (unpaired) electrons. The number of ether oxygens (including phenoxy) is 1. The number of carbonyl (C=O) groups is 1. The minimum absolute atomic E-state index is 0.274. The molecule has 3 nitrogen and oxygen atoms in total. The standard InChI is InChI=1S/C13H16O3S/c14-13(15)11-6-1-2-7-12(11)17-9-10-5-3-4-8-16-10/h1-2,6-7,10H,3-5,8-9H2,(H,14,15). The summed E-state index contributed by atoms with van der Waals surface area (Å²) < 4.78 is 5.63. The maximum Gasteiger partial charge on any atom is 0.336 e. The lowest BCUT2D eigenvalue weighted by atomic mass is 10.1. The van der Waals surface area contributed by atoms with Gasteiger partial charge < -0.3 is 9.84 Å². The van der Waals surface area contributed by atoms with Gasteiger partial charge >= 0.3 is 5.97 Å². The number of thioether (sulfide) groups is 1. The van der Waals surface area contributed by atoms with E-state index >= 15 is 0 Å². The normalized spacial score (nSPS) is 20.1. The molecule has 1 aromatic rings. The smallest absolute Gasteiger partial charge is 0.336 e. The van der Waals surface area contributed by atoms with E-state index in [1.54, 1.807) is 23.9 Å². The van der Waals surface area contributed by atoms with Crippen molar-refractivity contribution < 1.29 is 14.6 Å². The van der Waals surface area contributed by atoms with Crippen molar-refractivity contribution in [3.05, 3.63) is 29.8 Å². The predicted octanol–water partition coefficient (Wildman–Crippen LogP) is 3.05. The fraction of sp³-hybridized carbons (Fsp3) is 0.462. The molecule has 0 aliphatic carbocycles. The second-order valence-electron chi connectivity index (χ2n) is 4.10. The van der Waals surface area contributed by atoms with Crippen LogP contribution in [0.25, 0.3) is 0 Å². The number of aromatic carboxylic acids is 1. The molecule has 1 aliphatic heterocycles. The van der Waals surface area contributed by atoms with Gasteiger partial charge in [-0.2, -0.15) is 0 Å². The van der Waals surface area contributed by atoms with E-state index in [1.165, 1.54) is 6.42 Å². The maximum absolute atomic E-state index is 11.0. The van der Waals surface area contributed by atoms with E-state index in [2.05, 4.69) is 0 Å². The van der Waals surface area contributed by atoms with Gasteiger partial charge in [0.05, 0.1) is 11.7 Å².